The standard InChI is InChI=1S/C15H23NO3S/c1-3-15(2,17)11-16-20(18,19)14-9-8-12-6-4-5-7-13(12)10-14/h8-10,16-17H,3-7,11H2,1-2H3. The van der Waals surface area contributed by atoms with E-state index in [1.165, 1.54) is 12.0 Å². The number of rotatable bonds is 5. The Morgan fingerprint density at radius 1 is 1.25 bits per heavy atom. The molecule has 1 aliphatic carbocycles. The molecule has 1 atom stereocenters. The first kappa shape index (κ1) is 15.5. The van der Waals surface area contributed by atoms with Crippen LogP contribution in [0.1, 0.15) is 44.2 Å². The van der Waals surface area contributed by atoms with Gasteiger partial charge in [-0.1, -0.05) is 13.0 Å². The number of benzene rings is 1. The Bertz CT molecular complexity index is 579. The molecule has 1 unspecified atom stereocenters. The molecule has 112 valence electrons. The Morgan fingerprint density at radius 3 is 2.55 bits per heavy atom. The van der Waals surface area contributed by atoms with E-state index in [4.69, 9.17) is 0 Å². The molecule has 1 aromatic rings. The van der Waals surface area contributed by atoms with Crippen LogP contribution in [0.25, 0.3) is 0 Å². The van der Waals surface area contributed by atoms with Crippen LogP contribution in [-0.2, 0) is 22.9 Å². The van der Waals surface area contributed by atoms with Gasteiger partial charge in [0.15, 0.2) is 0 Å². The molecule has 0 aromatic heterocycles. The smallest absolute Gasteiger partial charge is 0.240 e. The summed E-state index contributed by atoms with van der Waals surface area (Å²) in [6.45, 7) is 3.48. The fraction of sp³-hybridized carbons (Fsp3) is 0.600. The molecule has 0 saturated carbocycles. The second kappa shape index (κ2) is 5.84. The molecule has 2 N–H and O–H groups in total. The van der Waals surface area contributed by atoms with E-state index in [9.17, 15) is 13.5 Å². The maximum absolute atomic E-state index is 12.3. The summed E-state index contributed by atoms with van der Waals surface area (Å²) < 4.78 is 27.0. The molecule has 0 saturated heterocycles. The molecule has 0 heterocycles. The second-order valence-corrected chi connectivity index (χ2v) is 7.58. The lowest BCUT2D eigenvalue weighted by Crippen LogP contribution is -2.40. The number of hydrogen-bond donors (Lipinski definition) is 2. The summed E-state index contributed by atoms with van der Waals surface area (Å²) in [5, 5.41) is 9.90. The van der Waals surface area contributed by atoms with Gasteiger partial charge in [-0.2, -0.15) is 0 Å². The van der Waals surface area contributed by atoms with E-state index in [2.05, 4.69) is 4.72 Å². The molecule has 4 nitrogen and oxygen atoms in total. The van der Waals surface area contributed by atoms with Gasteiger partial charge in [0, 0.05) is 6.54 Å². The first-order valence-corrected chi connectivity index (χ1v) is 8.66. The molecular formula is C15H23NO3S. The van der Waals surface area contributed by atoms with Crippen molar-refractivity contribution in [2.45, 2.75) is 56.4 Å². The van der Waals surface area contributed by atoms with E-state index in [0.29, 0.717) is 11.3 Å². The molecule has 1 aliphatic rings. The van der Waals surface area contributed by atoms with E-state index in [-0.39, 0.29) is 6.54 Å². The van der Waals surface area contributed by atoms with E-state index < -0.39 is 15.6 Å². The molecule has 0 radical (unpaired) electrons. The minimum Gasteiger partial charge on any atom is -0.389 e. The average Bonchev–Trinajstić information content (AvgIpc) is 2.45. The van der Waals surface area contributed by atoms with Crippen molar-refractivity contribution in [2.75, 3.05) is 6.54 Å². The summed E-state index contributed by atoms with van der Waals surface area (Å²) in [6.07, 6.45) is 4.78. The van der Waals surface area contributed by atoms with Crippen molar-refractivity contribution in [3.63, 3.8) is 0 Å². The fourth-order valence-corrected chi connectivity index (χ4v) is 3.55. The van der Waals surface area contributed by atoms with E-state index >= 15 is 0 Å². The molecule has 0 bridgehead atoms. The highest BCUT2D eigenvalue weighted by molar-refractivity contribution is 7.89. The van der Waals surface area contributed by atoms with Crippen molar-refractivity contribution in [3.8, 4) is 0 Å². The quantitative estimate of drug-likeness (QED) is 0.873. The number of nitrogens with one attached hydrogen (secondary N) is 1. The molecule has 20 heavy (non-hydrogen) atoms. The monoisotopic (exact) mass is 297 g/mol. The van der Waals surface area contributed by atoms with Crippen molar-refractivity contribution >= 4 is 10.0 Å². The van der Waals surface area contributed by atoms with Gasteiger partial charge in [-0.3, -0.25) is 0 Å². The summed E-state index contributed by atoms with van der Waals surface area (Å²) in [5.41, 5.74) is 1.39. The number of aryl methyl sites for hydroxylation is 2. The van der Waals surface area contributed by atoms with Crippen LogP contribution >= 0.6 is 0 Å². The third-order valence-corrected chi connectivity index (χ3v) is 5.43. The normalized spacial score (nSPS) is 18.4. The number of hydrogen-bond acceptors (Lipinski definition) is 3. The first-order valence-electron chi connectivity index (χ1n) is 7.18. The zero-order valence-corrected chi connectivity index (χ0v) is 13.0. The Hall–Kier alpha value is -0.910. The zero-order valence-electron chi connectivity index (χ0n) is 12.1. The van der Waals surface area contributed by atoms with E-state index in [0.717, 1.165) is 24.8 Å². The zero-order chi connectivity index (χ0) is 14.8. The van der Waals surface area contributed by atoms with Crippen LogP contribution in [0.4, 0.5) is 0 Å². The summed E-state index contributed by atoms with van der Waals surface area (Å²) in [6, 6.07) is 5.35. The summed E-state index contributed by atoms with van der Waals surface area (Å²) in [4.78, 5) is 0.296. The van der Waals surface area contributed by atoms with Gasteiger partial charge in [-0.05, 0) is 62.3 Å². The van der Waals surface area contributed by atoms with Crippen molar-refractivity contribution in [3.05, 3.63) is 29.3 Å². The number of sulfonamides is 1. The predicted molar refractivity (Wildman–Crippen MR) is 79.2 cm³/mol. The highest BCUT2D eigenvalue weighted by Crippen LogP contribution is 2.24. The first-order chi connectivity index (χ1) is 9.34. The highest BCUT2D eigenvalue weighted by atomic mass is 32.2. The van der Waals surface area contributed by atoms with Gasteiger partial charge in [0.05, 0.1) is 10.5 Å². The lowest BCUT2D eigenvalue weighted by Gasteiger charge is -2.22. The summed E-state index contributed by atoms with van der Waals surface area (Å²) >= 11 is 0. The Morgan fingerprint density at radius 2 is 1.90 bits per heavy atom. The largest absolute Gasteiger partial charge is 0.389 e. The lowest BCUT2D eigenvalue weighted by molar-refractivity contribution is 0.0613. The number of fused-ring (bicyclic) bond motifs is 1. The maximum Gasteiger partial charge on any atom is 0.240 e. The molecule has 1 aromatic carbocycles. The van der Waals surface area contributed by atoms with Crippen molar-refractivity contribution in [2.24, 2.45) is 0 Å². The summed E-state index contributed by atoms with van der Waals surface area (Å²) in [7, 11) is -3.55. The lowest BCUT2D eigenvalue weighted by atomic mass is 9.92. The molecular weight excluding hydrogens is 274 g/mol. The topological polar surface area (TPSA) is 66.4 Å². The SMILES string of the molecule is CCC(C)(O)CNS(=O)(=O)c1ccc2c(c1)CCCC2. The second-order valence-electron chi connectivity index (χ2n) is 5.81. The molecule has 0 amide bonds. The van der Waals surface area contributed by atoms with Crippen molar-refractivity contribution in [1.29, 1.82) is 0 Å². The van der Waals surface area contributed by atoms with Crippen LogP contribution in [0.5, 0.6) is 0 Å². The minimum atomic E-state index is -3.55. The maximum atomic E-state index is 12.3. The molecule has 5 heteroatoms. The van der Waals surface area contributed by atoms with Crippen LogP contribution in [0, 0.1) is 0 Å². The van der Waals surface area contributed by atoms with Crippen LogP contribution in [0.2, 0.25) is 0 Å². The third kappa shape index (κ3) is 3.59. The van der Waals surface area contributed by atoms with Crippen LogP contribution in [0.15, 0.2) is 23.1 Å². The molecule has 2 rings (SSSR count). The van der Waals surface area contributed by atoms with Crippen molar-refractivity contribution in [1.82, 2.24) is 4.72 Å². The van der Waals surface area contributed by atoms with Crippen molar-refractivity contribution < 1.29 is 13.5 Å². The number of aliphatic hydroxyl groups is 1. The van der Waals surface area contributed by atoms with Gasteiger partial charge in [0.1, 0.15) is 0 Å². The minimum absolute atomic E-state index is 0.0307. The van der Waals surface area contributed by atoms with Crippen LogP contribution < -0.4 is 4.72 Å². The fourth-order valence-electron chi connectivity index (χ4n) is 2.34. The van der Waals surface area contributed by atoms with Gasteiger partial charge in [0.25, 0.3) is 0 Å². The third-order valence-electron chi connectivity index (χ3n) is 4.03. The predicted octanol–water partition coefficient (Wildman–Crippen LogP) is 2.00. The van der Waals surface area contributed by atoms with Crippen LogP contribution in [-0.4, -0.2) is 25.7 Å². The van der Waals surface area contributed by atoms with Gasteiger partial charge in [-0.15, -0.1) is 0 Å². The molecule has 0 aliphatic heterocycles. The molecule has 0 spiro atoms. The van der Waals surface area contributed by atoms with E-state index in [1.807, 2.05) is 13.0 Å². The average molecular weight is 297 g/mol. The van der Waals surface area contributed by atoms with Gasteiger partial charge in [0.2, 0.25) is 10.0 Å². The highest BCUT2D eigenvalue weighted by Gasteiger charge is 2.23. The Labute approximate surface area is 121 Å². The van der Waals surface area contributed by atoms with Gasteiger partial charge >= 0.3 is 0 Å². The summed E-state index contributed by atoms with van der Waals surface area (Å²) in [5.74, 6) is 0. The van der Waals surface area contributed by atoms with E-state index in [1.54, 1.807) is 19.1 Å². The van der Waals surface area contributed by atoms with Gasteiger partial charge < -0.3 is 5.11 Å². The molecule has 0 fully saturated rings. The Balaban J connectivity index is 2.17. The van der Waals surface area contributed by atoms with Gasteiger partial charge in [-0.25, -0.2) is 13.1 Å². The Kier molecular flexibility index (Phi) is 4.52. The van der Waals surface area contributed by atoms with Crippen LogP contribution in [0.3, 0.4) is 0 Å².